The van der Waals surface area contributed by atoms with Gasteiger partial charge in [0.15, 0.2) is 0 Å². The summed E-state index contributed by atoms with van der Waals surface area (Å²) < 4.78 is 28.3. The van der Waals surface area contributed by atoms with Gasteiger partial charge in [-0.2, -0.15) is 19.3 Å². The maximum atomic E-state index is 13.3. The predicted octanol–water partition coefficient (Wildman–Crippen LogP) is 3.13. The molecule has 1 aromatic heterocycles. The van der Waals surface area contributed by atoms with Gasteiger partial charge in [-0.3, -0.25) is 0 Å². The van der Waals surface area contributed by atoms with Gasteiger partial charge in [0, 0.05) is 12.1 Å². The highest BCUT2D eigenvalue weighted by atomic mass is 32.2. The van der Waals surface area contributed by atoms with Gasteiger partial charge in [-0.15, -0.1) is 0 Å². The molecule has 2 aliphatic heterocycles. The minimum absolute atomic E-state index is 0.0103. The number of benzene rings is 1. The zero-order valence-corrected chi connectivity index (χ0v) is 16.4. The standard InChI is InChI=1S/C19H26N4O2S/c1-19(2,3)14-4-8-18(9-5-14)26(24,25)22-15-6-7-16(22)13-17(12-15)23-20-10-11-21-23/h4-5,8-11,15-17H,6-7,12-13H2,1-3H3. The van der Waals surface area contributed by atoms with Crippen molar-refractivity contribution < 1.29 is 8.42 Å². The number of hydrogen-bond donors (Lipinski definition) is 0. The molecule has 0 spiro atoms. The molecule has 0 aliphatic carbocycles. The molecular formula is C19H26N4O2S. The van der Waals surface area contributed by atoms with Crippen LogP contribution >= 0.6 is 0 Å². The van der Waals surface area contributed by atoms with Crippen LogP contribution < -0.4 is 0 Å². The molecule has 26 heavy (non-hydrogen) atoms. The van der Waals surface area contributed by atoms with Gasteiger partial charge in [0.1, 0.15) is 0 Å². The number of piperidine rings is 1. The lowest BCUT2D eigenvalue weighted by Crippen LogP contribution is -2.47. The molecule has 2 unspecified atom stereocenters. The molecule has 1 aromatic carbocycles. The van der Waals surface area contributed by atoms with Crippen LogP contribution in [0.1, 0.15) is 58.1 Å². The SMILES string of the molecule is CC(C)(C)c1ccc(S(=O)(=O)N2C3CCC2CC(n2nccn2)C3)cc1. The molecule has 2 atom stereocenters. The molecule has 0 saturated carbocycles. The molecule has 0 N–H and O–H groups in total. The first-order valence-corrected chi connectivity index (χ1v) is 10.7. The minimum Gasteiger partial charge on any atom is -0.207 e. The molecule has 2 aliphatic rings. The molecule has 2 bridgehead atoms. The molecule has 6 nitrogen and oxygen atoms in total. The summed E-state index contributed by atoms with van der Waals surface area (Å²) in [6.07, 6.45) is 6.77. The third-order valence-corrected chi connectivity index (χ3v) is 7.72. The van der Waals surface area contributed by atoms with E-state index < -0.39 is 10.0 Å². The van der Waals surface area contributed by atoms with Crippen LogP contribution in [-0.4, -0.2) is 39.8 Å². The molecule has 3 heterocycles. The quantitative estimate of drug-likeness (QED) is 0.828. The fourth-order valence-corrected chi connectivity index (χ4v) is 6.24. The summed E-state index contributed by atoms with van der Waals surface area (Å²) in [5, 5.41) is 8.50. The Morgan fingerprint density at radius 1 is 0.923 bits per heavy atom. The van der Waals surface area contributed by atoms with Crippen LogP contribution in [0.15, 0.2) is 41.6 Å². The summed E-state index contributed by atoms with van der Waals surface area (Å²) in [6.45, 7) is 6.39. The van der Waals surface area contributed by atoms with Crippen LogP contribution in [0.2, 0.25) is 0 Å². The van der Waals surface area contributed by atoms with E-state index in [4.69, 9.17) is 0 Å². The first-order valence-electron chi connectivity index (χ1n) is 9.27. The van der Waals surface area contributed by atoms with E-state index in [1.807, 2.05) is 12.1 Å². The largest absolute Gasteiger partial charge is 0.243 e. The Balaban J connectivity index is 1.59. The van der Waals surface area contributed by atoms with E-state index in [1.54, 1.807) is 33.6 Å². The van der Waals surface area contributed by atoms with Crippen LogP contribution in [0.4, 0.5) is 0 Å². The molecule has 2 aromatic rings. The third kappa shape index (κ3) is 2.97. The molecule has 2 saturated heterocycles. The molecule has 0 amide bonds. The molecule has 7 heteroatoms. The van der Waals surface area contributed by atoms with Crippen molar-refractivity contribution in [1.29, 1.82) is 0 Å². The van der Waals surface area contributed by atoms with Crippen molar-refractivity contribution in [3.63, 3.8) is 0 Å². The molecule has 2 fully saturated rings. The average Bonchev–Trinajstić information content (AvgIpc) is 3.21. The van der Waals surface area contributed by atoms with Crippen molar-refractivity contribution in [2.24, 2.45) is 0 Å². The van der Waals surface area contributed by atoms with Gasteiger partial charge in [0.2, 0.25) is 10.0 Å². The molecule has 140 valence electrons. The Labute approximate surface area is 155 Å². The van der Waals surface area contributed by atoms with Crippen LogP contribution in [-0.2, 0) is 15.4 Å². The van der Waals surface area contributed by atoms with Gasteiger partial charge in [-0.25, -0.2) is 8.42 Å². The number of rotatable bonds is 3. The van der Waals surface area contributed by atoms with Crippen LogP contribution in [0.3, 0.4) is 0 Å². The number of fused-ring (bicyclic) bond motifs is 2. The third-order valence-electron chi connectivity index (χ3n) is 5.70. The van der Waals surface area contributed by atoms with E-state index in [2.05, 4.69) is 31.0 Å². The van der Waals surface area contributed by atoms with Crippen molar-refractivity contribution >= 4 is 10.0 Å². The fourth-order valence-electron chi connectivity index (χ4n) is 4.35. The number of aromatic nitrogens is 3. The van der Waals surface area contributed by atoms with Crippen molar-refractivity contribution in [2.75, 3.05) is 0 Å². The Morgan fingerprint density at radius 3 is 1.96 bits per heavy atom. The highest BCUT2D eigenvalue weighted by Crippen LogP contribution is 2.43. The van der Waals surface area contributed by atoms with E-state index in [-0.39, 0.29) is 23.5 Å². The lowest BCUT2D eigenvalue weighted by molar-refractivity contribution is 0.174. The van der Waals surface area contributed by atoms with Crippen molar-refractivity contribution in [1.82, 2.24) is 19.3 Å². The van der Waals surface area contributed by atoms with Crippen molar-refractivity contribution in [3.05, 3.63) is 42.2 Å². The van der Waals surface area contributed by atoms with Crippen molar-refractivity contribution in [2.45, 2.75) is 74.9 Å². The van der Waals surface area contributed by atoms with Crippen LogP contribution in [0.5, 0.6) is 0 Å². The van der Waals surface area contributed by atoms with E-state index in [9.17, 15) is 8.42 Å². The fraction of sp³-hybridized carbons (Fsp3) is 0.579. The summed E-state index contributed by atoms with van der Waals surface area (Å²) in [5.41, 5.74) is 1.15. The first-order chi connectivity index (χ1) is 12.3. The average molecular weight is 375 g/mol. The maximum Gasteiger partial charge on any atom is 0.243 e. The van der Waals surface area contributed by atoms with Gasteiger partial charge in [-0.05, 0) is 48.8 Å². The van der Waals surface area contributed by atoms with Crippen molar-refractivity contribution in [3.8, 4) is 0 Å². The second-order valence-corrected chi connectivity index (χ2v) is 10.3. The number of nitrogens with zero attached hydrogens (tertiary/aromatic N) is 4. The second-order valence-electron chi connectivity index (χ2n) is 8.47. The maximum absolute atomic E-state index is 13.3. The first kappa shape index (κ1) is 17.7. The highest BCUT2D eigenvalue weighted by Gasteiger charge is 2.48. The predicted molar refractivity (Wildman–Crippen MR) is 99.3 cm³/mol. The Kier molecular flexibility index (Phi) is 4.19. The normalized spacial score (nSPS) is 27.0. The van der Waals surface area contributed by atoms with Crippen LogP contribution in [0, 0.1) is 0 Å². The number of sulfonamides is 1. The minimum atomic E-state index is -3.47. The van der Waals surface area contributed by atoms with Gasteiger partial charge in [-0.1, -0.05) is 32.9 Å². The topological polar surface area (TPSA) is 68.1 Å². The highest BCUT2D eigenvalue weighted by molar-refractivity contribution is 7.89. The molecule has 0 radical (unpaired) electrons. The summed E-state index contributed by atoms with van der Waals surface area (Å²) in [7, 11) is -3.47. The summed E-state index contributed by atoms with van der Waals surface area (Å²) in [4.78, 5) is 2.14. The zero-order valence-electron chi connectivity index (χ0n) is 15.5. The lowest BCUT2D eigenvalue weighted by atomic mass is 9.87. The molecule has 4 rings (SSSR count). The second kappa shape index (κ2) is 6.16. The summed E-state index contributed by atoms with van der Waals surface area (Å²) in [6, 6.07) is 7.67. The number of hydrogen-bond acceptors (Lipinski definition) is 4. The van der Waals surface area contributed by atoms with E-state index in [1.165, 1.54) is 0 Å². The Hall–Kier alpha value is -1.73. The van der Waals surface area contributed by atoms with E-state index in [0.717, 1.165) is 31.2 Å². The smallest absolute Gasteiger partial charge is 0.207 e. The van der Waals surface area contributed by atoms with Gasteiger partial charge < -0.3 is 0 Å². The monoisotopic (exact) mass is 374 g/mol. The zero-order chi connectivity index (χ0) is 18.5. The van der Waals surface area contributed by atoms with E-state index >= 15 is 0 Å². The van der Waals surface area contributed by atoms with Crippen LogP contribution in [0.25, 0.3) is 0 Å². The molecular weight excluding hydrogens is 348 g/mol. The van der Waals surface area contributed by atoms with E-state index in [0.29, 0.717) is 4.90 Å². The van der Waals surface area contributed by atoms with Gasteiger partial charge in [0.05, 0.1) is 23.3 Å². The van der Waals surface area contributed by atoms with Gasteiger partial charge >= 0.3 is 0 Å². The Morgan fingerprint density at radius 2 is 1.46 bits per heavy atom. The Bertz CT molecular complexity index is 855. The summed E-state index contributed by atoms with van der Waals surface area (Å²) in [5.74, 6) is 0. The lowest BCUT2D eigenvalue weighted by Gasteiger charge is -2.37. The summed E-state index contributed by atoms with van der Waals surface area (Å²) >= 11 is 0. The van der Waals surface area contributed by atoms with Gasteiger partial charge in [0.25, 0.3) is 0 Å².